The summed E-state index contributed by atoms with van der Waals surface area (Å²) in [6, 6.07) is 7.10. The Balaban J connectivity index is 1.80. The highest BCUT2D eigenvalue weighted by atomic mass is 35.5. The van der Waals surface area contributed by atoms with Crippen LogP contribution in [0.4, 0.5) is 11.4 Å². The Bertz CT molecular complexity index is 708. The van der Waals surface area contributed by atoms with Gasteiger partial charge in [0.05, 0.1) is 33.2 Å². The molecule has 1 saturated heterocycles. The quantitative estimate of drug-likeness (QED) is 0.819. The lowest BCUT2D eigenvalue weighted by Gasteiger charge is -2.20. The first kappa shape index (κ1) is 17.1. The third kappa shape index (κ3) is 4.00. The van der Waals surface area contributed by atoms with Gasteiger partial charge in [0.2, 0.25) is 0 Å². The van der Waals surface area contributed by atoms with E-state index in [1.165, 1.54) is 12.8 Å². The number of carbonyl (C=O) groups excluding carboxylic acids is 1. The van der Waals surface area contributed by atoms with Crippen molar-refractivity contribution >= 4 is 40.5 Å². The number of amides is 1. The topological polar surface area (TPSA) is 45.2 Å². The number of hydrogen-bond acceptors (Lipinski definition) is 3. The van der Waals surface area contributed by atoms with Gasteiger partial charge in [0.15, 0.2) is 0 Å². The van der Waals surface area contributed by atoms with Crippen LogP contribution < -0.4 is 5.32 Å². The van der Waals surface area contributed by atoms with Gasteiger partial charge >= 0.3 is 0 Å². The van der Waals surface area contributed by atoms with Crippen LogP contribution in [0, 0.1) is 0 Å². The van der Waals surface area contributed by atoms with Crippen LogP contribution in [-0.4, -0.2) is 28.9 Å². The average Bonchev–Trinajstić information content (AvgIpc) is 2.87. The summed E-state index contributed by atoms with van der Waals surface area (Å²) >= 11 is 12.4. The number of rotatable bonds is 3. The zero-order chi connectivity index (χ0) is 16.9. The molecule has 0 bridgehead atoms. The molecular weight excluding hydrogens is 345 g/mol. The van der Waals surface area contributed by atoms with E-state index in [-0.39, 0.29) is 5.91 Å². The highest BCUT2D eigenvalue weighted by Crippen LogP contribution is 2.32. The maximum absolute atomic E-state index is 12.7. The summed E-state index contributed by atoms with van der Waals surface area (Å²) in [5.74, 6) is 0.0262. The number of hydrogen-bond donors (Lipinski definition) is 1. The number of para-hydroxylation sites is 1. The molecule has 0 aliphatic carbocycles. The number of nitrogens with zero attached hydrogens (tertiary/aromatic N) is 2. The molecular formula is C18H19Cl2N3O. The molecule has 4 nitrogen and oxygen atoms in total. The van der Waals surface area contributed by atoms with E-state index in [1.54, 1.807) is 36.7 Å². The SMILES string of the molecule is O=C(c1cncc(Nc2c(Cl)cccc2Cl)c1)N1CCCCCC1. The van der Waals surface area contributed by atoms with Crippen molar-refractivity contribution in [3.63, 3.8) is 0 Å². The Morgan fingerprint density at radius 2 is 1.71 bits per heavy atom. The molecule has 2 aromatic rings. The predicted octanol–water partition coefficient (Wildman–Crippen LogP) is 5.15. The van der Waals surface area contributed by atoms with Gasteiger partial charge in [-0.05, 0) is 31.0 Å². The number of pyridine rings is 1. The van der Waals surface area contributed by atoms with Crippen LogP contribution in [0.25, 0.3) is 0 Å². The van der Waals surface area contributed by atoms with Crippen LogP contribution in [0.3, 0.4) is 0 Å². The summed E-state index contributed by atoms with van der Waals surface area (Å²) < 4.78 is 0. The largest absolute Gasteiger partial charge is 0.352 e. The van der Waals surface area contributed by atoms with Gasteiger partial charge in [-0.1, -0.05) is 42.1 Å². The van der Waals surface area contributed by atoms with Crippen LogP contribution >= 0.6 is 23.2 Å². The minimum Gasteiger partial charge on any atom is -0.352 e. The van der Waals surface area contributed by atoms with Crippen molar-refractivity contribution in [2.24, 2.45) is 0 Å². The van der Waals surface area contributed by atoms with Crippen molar-refractivity contribution < 1.29 is 4.79 Å². The second kappa shape index (κ2) is 7.86. The van der Waals surface area contributed by atoms with E-state index in [9.17, 15) is 4.79 Å². The second-order valence-electron chi connectivity index (χ2n) is 5.89. The summed E-state index contributed by atoms with van der Waals surface area (Å²) in [4.78, 5) is 18.8. The van der Waals surface area contributed by atoms with E-state index >= 15 is 0 Å². The summed E-state index contributed by atoms with van der Waals surface area (Å²) in [6.07, 6.45) is 7.76. The van der Waals surface area contributed by atoms with E-state index in [1.807, 2.05) is 4.90 Å². The molecule has 24 heavy (non-hydrogen) atoms. The second-order valence-corrected chi connectivity index (χ2v) is 6.70. The maximum Gasteiger partial charge on any atom is 0.255 e. The molecule has 1 aromatic carbocycles. The van der Waals surface area contributed by atoms with Crippen molar-refractivity contribution in [2.45, 2.75) is 25.7 Å². The summed E-state index contributed by atoms with van der Waals surface area (Å²) in [7, 11) is 0. The molecule has 126 valence electrons. The molecule has 0 atom stereocenters. The van der Waals surface area contributed by atoms with Gasteiger partial charge in [0.25, 0.3) is 5.91 Å². The molecule has 0 radical (unpaired) electrons. The first-order chi connectivity index (χ1) is 11.6. The van der Waals surface area contributed by atoms with Gasteiger partial charge in [-0.25, -0.2) is 0 Å². The van der Waals surface area contributed by atoms with Gasteiger partial charge in [0, 0.05) is 19.3 Å². The fourth-order valence-electron chi connectivity index (χ4n) is 2.84. The Morgan fingerprint density at radius 3 is 2.38 bits per heavy atom. The first-order valence-corrected chi connectivity index (χ1v) is 8.86. The van der Waals surface area contributed by atoms with Gasteiger partial charge in [0.1, 0.15) is 0 Å². The molecule has 2 heterocycles. The minimum absolute atomic E-state index is 0.0262. The number of halogens is 2. The van der Waals surface area contributed by atoms with Crippen LogP contribution in [0.15, 0.2) is 36.7 Å². The molecule has 1 N–H and O–H groups in total. The number of benzene rings is 1. The number of nitrogens with one attached hydrogen (secondary N) is 1. The zero-order valence-electron chi connectivity index (χ0n) is 13.3. The predicted molar refractivity (Wildman–Crippen MR) is 98.4 cm³/mol. The number of anilines is 2. The Labute approximate surface area is 151 Å². The molecule has 0 spiro atoms. The first-order valence-electron chi connectivity index (χ1n) is 8.10. The van der Waals surface area contributed by atoms with E-state index in [0.29, 0.717) is 27.0 Å². The van der Waals surface area contributed by atoms with Gasteiger partial charge in [-0.15, -0.1) is 0 Å². The van der Waals surface area contributed by atoms with Crippen LogP contribution in [0.5, 0.6) is 0 Å². The van der Waals surface area contributed by atoms with Crippen molar-refractivity contribution in [3.8, 4) is 0 Å². The molecule has 1 aromatic heterocycles. The van der Waals surface area contributed by atoms with Crippen molar-refractivity contribution in [2.75, 3.05) is 18.4 Å². The van der Waals surface area contributed by atoms with E-state index < -0.39 is 0 Å². The lowest BCUT2D eigenvalue weighted by Crippen LogP contribution is -2.31. The Morgan fingerprint density at radius 1 is 1.04 bits per heavy atom. The minimum atomic E-state index is 0.0262. The number of carbonyl (C=O) groups is 1. The summed E-state index contributed by atoms with van der Waals surface area (Å²) in [6.45, 7) is 1.62. The summed E-state index contributed by atoms with van der Waals surface area (Å²) in [5.41, 5.74) is 1.87. The fourth-order valence-corrected chi connectivity index (χ4v) is 3.34. The molecule has 0 unspecified atom stereocenters. The molecule has 1 amide bonds. The Kier molecular flexibility index (Phi) is 5.59. The highest BCUT2D eigenvalue weighted by molar-refractivity contribution is 6.39. The lowest BCUT2D eigenvalue weighted by atomic mass is 10.2. The van der Waals surface area contributed by atoms with Crippen molar-refractivity contribution in [3.05, 3.63) is 52.3 Å². The van der Waals surface area contributed by atoms with Crippen LogP contribution in [0.1, 0.15) is 36.0 Å². The van der Waals surface area contributed by atoms with Crippen molar-refractivity contribution in [1.82, 2.24) is 9.88 Å². The fraction of sp³-hybridized carbons (Fsp3) is 0.333. The van der Waals surface area contributed by atoms with Crippen LogP contribution in [-0.2, 0) is 0 Å². The van der Waals surface area contributed by atoms with Crippen LogP contribution in [0.2, 0.25) is 10.0 Å². The van der Waals surface area contributed by atoms with Gasteiger partial charge < -0.3 is 10.2 Å². The number of aromatic nitrogens is 1. The third-order valence-corrected chi connectivity index (χ3v) is 4.74. The third-order valence-electron chi connectivity index (χ3n) is 4.11. The molecule has 1 fully saturated rings. The van der Waals surface area contributed by atoms with E-state index in [2.05, 4.69) is 10.3 Å². The Hall–Kier alpha value is -1.78. The molecule has 1 aliphatic heterocycles. The van der Waals surface area contributed by atoms with Gasteiger partial charge in [-0.2, -0.15) is 0 Å². The molecule has 6 heteroatoms. The van der Waals surface area contributed by atoms with E-state index in [0.717, 1.165) is 25.9 Å². The maximum atomic E-state index is 12.7. The highest BCUT2D eigenvalue weighted by Gasteiger charge is 2.18. The smallest absolute Gasteiger partial charge is 0.255 e. The monoisotopic (exact) mass is 363 g/mol. The summed E-state index contributed by atoms with van der Waals surface area (Å²) in [5, 5.41) is 4.19. The lowest BCUT2D eigenvalue weighted by molar-refractivity contribution is 0.0761. The average molecular weight is 364 g/mol. The van der Waals surface area contributed by atoms with Gasteiger partial charge in [-0.3, -0.25) is 9.78 Å². The molecule has 1 aliphatic rings. The zero-order valence-corrected chi connectivity index (χ0v) is 14.8. The molecule has 3 rings (SSSR count). The van der Waals surface area contributed by atoms with E-state index in [4.69, 9.17) is 23.2 Å². The number of likely N-dealkylation sites (tertiary alicyclic amines) is 1. The molecule has 0 saturated carbocycles. The van der Waals surface area contributed by atoms with Crippen molar-refractivity contribution in [1.29, 1.82) is 0 Å². The normalized spacial score (nSPS) is 15.0. The standard InChI is InChI=1S/C18H19Cl2N3O/c19-15-6-5-7-16(20)17(15)22-14-10-13(11-21-12-14)18(24)23-8-3-1-2-4-9-23/h5-7,10-12,22H,1-4,8-9H2.